The van der Waals surface area contributed by atoms with Gasteiger partial charge < -0.3 is 10.1 Å². The van der Waals surface area contributed by atoms with Gasteiger partial charge in [-0.25, -0.2) is 4.79 Å². The molecule has 122 valence electrons. The van der Waals surface area contributed by atoms with E-state index in [1.807, 2.05) is 4.90 Å². The Balaban J connectivity index is 2.34. The SMILES string of the molecule is CCNC(=O)NC(=O)[C@@H](C)N(C)CCOc1ccc(Cl)cc1. The van der Waals surface area contributed by atoms with Gasteiger partial charge in [-0.3, -0.25) is 15.0 Å². The van der Waals surface area contributed by atoms with Crippen LogP contribution in [0.25, 0.3) is 0 Å². The number of imide groups is 1. The molecule has 0 fully saturated rings. The van der Waals surface area contributed by atoms with Crippen molar-refractivity contribution in [1.29, 1.82) is 0 Å². The van der Waals surface area contributed by atoms with E-state index < -0.39 is 12.1 Å². The van der Waals surface area contributed by atoms with E-state index in [1.165, 1.54) is 0 Å². The summed E-state index contributed by atoms with van der Waals surface area (Å²) in [5, 5.41) is 5.46. The standard InChI is InChI=1S/C15H22ClN3O3/c1-4-17-15(21)18-14(20)11(2)19(3)9-10-22-13-7-5-12(16)6-8-13/h5-8,11H,4,9-10H2,1-3H3,(H2,17,18,20,21)/t11-/m1/s1. The number of hydrogen-bond acceptors (Lipinski definition) is 4. The van der Waals surface area contributed by atoms with Gasteiger partial charge >= 0.3 is 6.03 Å². The number of carbonyl (C=O) groups excluding carboxylic acids is 2. The summed E-state index contributed by atoms with van der Waals surface area (Å²) in [4.78, 5) is 25.0. The van der Waals surface area contributed by atoms with Gasteiger partial charge in [0.05, 0.1) is 6.04 Å². The first kappa shape index (κ1) is 18.3. The van der Waals surface area contributed by atoms with Crippen molar-refractivity contribution in [2.24, 2.45) is 0 Å². The Morgan fingerprint density at radius 3 is 2.55 bits per heavy atom. The number of carbonyl (C=O) groups is 2. The van der Waals surface area contributed by atoms with E-state index in [0.29, 0.717) is 24.7 Å². The van der Waals surface area contributed by atoms with Crippen LogP contribution in [0, 0.1) is 0 Å². The lowest BCUT2D eigenvalue weighted by molar-refractivity contribution is -0.124. The van der Waals surface area contributed by atoms with Gasteiger partial charge in [0.15, 0.2) is 0 Å². The quantitative estimate of drug-likeness (QED) is 0.802. The lowest BCUT2D eigenvalue weighted by Gasteiger charge is -2.23. The van der Waals surface area contributed by atoms with Crippen molar-refractivity contribution in [2.75, 3.05) is 26.7 Å². The second-order valence-electron chi connectivity index (χ2n) is 4.81. The minimum atomic E-state index is -0.481. The van der Waals surface area contributed by atoms with Crippen LogP contribution >= 0.6 is 11.6 Å². The lowest BCUT2D eigenvalue weighted by atomic mass is 10.3. The average Bonchev–Trinajstić information content (AvgIpc) is 2.48. The molecule has 1 aromatic carbocycles. The van der Waals surface area contributed by atoms with E-state index in [1.54, 1.807) is 45.2 Å². The maximum atomic E-state index is 11.9. The number of likely N-dealkylation sites (N-methyl/N-ethyl adjacent to an activating group) is 1. The summed E-state index contributed by atoms with van der Waals surface area (Å²) in [6.45, 7) is 4.96. The Morgan fingerprint density at radius 1 is 1.32 bits per heavy atom. The van der Waals surface area contributed by atoms with Gasteiger partial charge in [0.25, 0.3) is 0 Å². The highest BCUT2D eigenvalue weighted by Gasteiger charge is 2.19. The molecular weight excluding hydrogens is 306 g/mol. The first-order chi connectivity index (χ1) is 10.4. The summed E-state index contributed by atoms with van der Waals surface area (Å²) in [5.74, 6) is 0.372. The summed E-state index contributed by atoms with van der Waals surface area (Å²) < 4.78 is 5.57. The van der Waals surface area contributed by atoms with Crippen LogP contribution in [0.2, 0.25) is 5.02 Å². The highest BCUT2D eigenvalue weighted by molar-refractivity contribution is 6.30. The number of nitrogens with one attached hydrogen (secondary N) is 2. The van der Waals surface area contributed by atoms with Crippen molar-refractivity contribution >= 4 is 23.5 Å². The molecule has 0 unspecified atom stereocenters. The molecule has 0 aliphatic heterocycles. The van der Waals surface area contributed by atoms with Crippen LogP contribution in [0.5, 0.6) is 5.75 Å². The molecule has 1 atom stereocenters. The highest BCUT2D eigenvalue weighted by Crippen LogP contribution is 2.15. The van der Waals surface area contributed by atoms with Gasteiger partial charge in [-0.1, -0.05) is 11.6 Å². The van der Waals surface area contributed by atoms with E-state index in [-0.39, 0.29) is 5.91 Å². The molecule has 0 aromatic heterocycles. The number of nitrogens with zero attached hydrogens (tertiary/aromatic N) is 1. The molecule has 2 N–H and O–H groups in total. The molecular formula is C15H22ClN3O3. The van der Waals surface area contributed by atoms with Gasteiger partial charge in [-0.15, -0.1) is 0 Å². The molecule has 7 heteroatoms. The van der Waals surface area contributed by atoms with Crippen molar-refractivity contribution in [2.45, 2.75) is 19.9 Å². The monoisotopic (exact) mass is 327 g/mol. The zero-order valence-corrected chi connectivity index (χ0v) is 13.8. The fourth-order valence-electron chi connectivity index (χ4n) is 1.65. The summed E-state index contributed by atoms with van der Waals surface area (Å²) in [6, 6.07) is 6.16. The lowest BCUT2D eigenvalue weighted by Crippen LogP contribution is -2.49. The van der Waals surface area contributed by atoms with Crippen LogP contribution in [0.3, 0.4) is 0 Å². The zero-order chi connectivity index (χ0) is 16.5. The third kappa shape index (κ3) is 6.32. The number of amides is 3. The number of ether oxygens (including phenoxy) is 1. The van der Waals surface area contributed by atoms with Gasteiger partial charge in [0, 0.05) is 18.1 Å². The van der Waals surface area contributed by atoms with Gasteiger partial charge in [0.2, 0.25) is 5.91 Å². The zero-order valence-electron chi connectivity index (χ0n) is 13.1. The van der Waals surface area contributed by atoms with Crippen LogP contribution < -0.4 is 15.4 Å². The number of rotatable bonds is 7. The predicted octanol–water partition coefficient (Wildman–Crippen LogP) is 1.88. The minimum absolute atomic E-state index is 0.347. The van der Waals surface area contributed by atoms with E-state index >= 15 is 0 Å². The molecule has 0 aliphatic carbocycles. The van der Waals surface area contributed by atoms with Crippen molar-refractivity contribution in [3.63, 3.8) is 0 Å². The van der Waals surface area contributed by atoms with Gasteiger partial charge in [-0.05, 0) is 45.2 Å². The van der Waals surface area contributed by atoms with Crippen molar-refractivity contribution < 1.29 is 14.3 Å². The predicted molar refractivity (Wildman–Crippen MR) is 86.3 cm³/mol. The van der Waals surface area contributed by atoms with Gasteiger partial charge in [-0.2, -0.15) is 0 Å². The molecule has 1 aromatic rings. The van der Waals surface area contributed by atoms with Crippen LogP contribution in [-0.2, 0) is 4.79 Å². The van der Waals surface area contributed by atoms with Crippen LogP contribution in [-0.4, -0.2) is 49.6 Å². The molecule has 0 spiro atoms. The van der Waals surface area contributed by atoms with Gasteiger partial charge in [0.1, 0.15) is 12.4 Å². The molecule has 0 bridgehead atoms. The number of halogens is 1. The van der Waals surface area contributed by atoms with E-state index in [2.05, 4.69) is 10.6 Å². The van der Waals surface area contributed by atoms with Crippen LogP contribution in [0.4, 0.5) is 4.79 Å². The summed E-state index contributed by atoms with van der Waals surface area (Å²) >= 11 is 5.80. The van der Waals surface area contributed by atoms with Crippen molar-refractivity contribution in [1.82, 2.24) is 15.5 Å². The first-order valence-corrected chi connectivity index (χ1v) is 7.49. The number of hydrogen-bond donors (Lipinski definition) is 2. The first-order valence-electron chi connectivity index (χ1n) is 7.11. The topological polar surface area (TPSA) is 70.7 Å². The molecule has 6 nitrogen and oxygen atoms in total. The summed E-state index contributed by atoms with van der Waals surface area (Å²) in [7, 11) is 1.80. The second kappa shape index (κ2) is 9.27. The Labute approximate surface area is 135 Å². The molecule has 22 heavy (non-hydrogen) atoms. The fraction of sp³-hybridized carbons (Fsp3) is 0.467. The largest absolute Gasteiger partial charge is 0.492 e. The number of benzene rings is 1. The maximum absolute atomic E-state index is 11.9. The Bertz CT molecular complexity index is 493. The molecule has 0 aliphatic rings. The van der Waals surface area contributed by atoms with E-state index in [4.69, 9.17) is 16.3 Å². The Hall–Kier alpha value is -1.79. The maximum Gasteiger partial charge on any atom is 0.321 e. The molecule has 0 saturated carbocycles. The highest BCUT2D eigenvalue weighted by atomic mass is 35.5. The van der Waals surface area contributed by atoms with Crippen LogP contribution in [0.15, 0.2) is 24.3 Å². The minimum Gasteiger partial charge on any atom is -0.492 e. The number of urea groups is 1. The molecule has 0 heterocycles. The smallest absolute Gasteiger partial charge is 0.321 e. The van der Waals surface area contributed by atoms with Crippen LogP contribution in [0.1, 0.15) is 13.8 Å². The summed E-state index contributed by atoms with van der Waals surface area (Å²) in [6.07, 6.45) is 0. The Morgan fingerprint density at radius 2 is 1.95 bits per heavy atom. The van der Waals surface area contributed by atoms with Crippen molar-refractivity contribution in [3.8, 4) is 5.75 Å². The average molecular weight is 328 g/mol. The molecule has 3 amide bonds. The second-order valence-corrected chi connectivity index (χ2v) is 5.24. The normalized spacial score (nSPS) is 11.9. The Kier molecular flexibility index (Phi) is 7.70. The van der Waals surface area contributed by atoms with Crippen molar-refractivity contribution in [3.05, 3.63) is 29.3 Å². The third-order valence-electron chi connectivity index (χ3n) is 3.14. The third-order valence-corrected chi connectivity index (χ3v) is 3.39. The van der Waals surface area contributed by atoms with E-state index in [0.717, 1.165) is 5.75 Å². The molecule has 0 saturated heterocycles. The molecule has 1 rings (SSSR count). The van der Waals surface area contributed by atoms with E-state index in [9.17, 15) is 9.59 Å². The summed E-state index contributed by atoms with van der Waals surface area (Å²) in [5.41, 5.74) is 0. The molecule has 0 radical (unpaired) electrons. The fourth-order valence-corrected chi connectivity index (χ4v) is 1.78.